The van der Waals surface area contributed by atoms with E-state index in [-0.39, 0.29) is 5.91 Å². The Morgan fingerprint density at radius 1 is 1.14 bits per heavy atom. The Bertz CT molecular complexity index is 899. The molecule has 154 valence electrons. The van der Waals surface area contributed by atoms with E-state index in [2.05, 4.69) is 39.7 Å². The highest BCUT2D eigenvalue weighted by atomic mass is 127. The maximum Gasteiger partial charge on any atom is 0.271 e. The van der Waals surface area contributed by atoms with Gasteiger partial charge in [-0.3, -0.25) is 4.79 Å². The lowest BCUT2D eigenvalue weighted by atomic mass is 10.2. The monoisotopic (exact) mass is 510 g/mol. The van der Waals surface area contributed by atoms with Gasteiger partial charge in [0.05, 0.1) is 30.6 Å². The zero-order valence-corrected chi connectivity index (χ0v) is 18.7. The zero-order chi connectivity index (χ0) is 21.2. The fourth-order valence-corrected chi connectivity index (χ4v) is 3.19. The van der Waals surface area contributed by atoms with Gasteiger partial charge in [-0.1, -0.05) is 12.7 Å². The van der Waals surface area contributed by atoms with Crippen LogP contribution in [0.3, 0.4) is 0 Å². The Hall–Kier alpha value is -2.75. The molecule has 1 amide bonds. The Kier molecular flexibility index (Phi) is 8.78. The summed E-state index contributed by atoms with van der Waals surface area (Å²) in [5.74, 6) is 1.90. The van der Waals surface area contributed by atoms with Crippen molar-refractivity contribution in [3.63, 3.8) is 0 Å². The molecule has 29 heavy (non-hydrogen) atoms. The lowest BCUT2D eigenvalue weighted by Gasteiger charge is -2.12. The Labute approximate surface area is 183 Å². The van der Waals surface area contributed by atoms with Crippen LogP contribution in [0.2, 0.25) is 0 Å². The molecule has 2 rings (SSSR count). The van der Waals surface area contributed by atoms with Crippen molar-refractivity contribution < 1.29 is 23.7 Å². The van der Waals surface area contributed by atoms with Crippen molar-refractivity contribution >= 4 is 34.7 Å². The molecule has 0 aromatic heterocycles. The third-order valence-electron chi connectivity index (χ3n) is 3.70. The number of rotatable bonds is 10. The van der Waals surface area contributed by atoms with Gasteiger partial charge in [0.1, 0.15) is 6.61 Å². The van der Waals surface area contributed by atoms with E-state index >= 15 is 0 Å². The first-order valence-electron chi connectivity index (χ1n) is 8.79. The van der Waals surface area contributed by atoms with Crippen LogP contribution >= 0.6 is 22.6 Å². The number of nitrogens with zero attached hydrogens (tertiary/aromatic N) is 1. The molecule has 0 saturated carbocycles. The van der Waals surface area contributed by atoms with E-state index in [9.17, 15) is 4.79 Å². The predicted octanol–water partition coefficient (Wildman–Crippen LogP) is 4.04. The van der Waals surface area contributed by atoms with E-state index in [1.54, 1.807) is 37.5 Å². The summed E-state index contributed by atoms with van der Waals surface area (Å²) in [5.41, 5.74) is 3.66. The number of hydrazone groups is 1. The van der Waals surface area contributed by atoms with Gasteiger partial charge in [0.2, 0.25) is 0 Å². The molecule has 2 aromatic rings. The summed E-state index contributed by atoms with van der Waals surface area (Å²) in [6.07, 6.45) is 3.17. The highest BCUT2D eigenvalue weighted by Gasteiger charge is 2.12. The molecule has 0 fully saturated rings. The zero-order valence-electron chi connectivity index (χ0n) is 16.5. The van der Waals surface area contributed by atoms with Crippen molar-refractivity contribution in [1.29, 1.82) is 0 Å². The number of hydrogen-bond acceptors (Lipinski definition) is 6. The Balaban J connectivity index is 2.11. The van der Waals surface area contributed by atoms with Gasteiger partial charge in [0.15, 0.2) is 23.0 Å². The summed E-state index contributed by atoms with van der Waals surface area (Å²) in [5, 5.41) is 4.03. The number of hydrogen-bond donors (Lipinski definition) is 1. The highest BCUT2D eigenvalue weighted by Crippen LogP contribution is 2.33. The van der Waals surface area contributed by atoms with Crippen molar-refractivity contribution in [2.45, 2.75) is 6.92 Å². The van der Waals surface area contributed by atoms with Crippen LogP contribution < -0.4 is 24.4 Å². The number of ether oxygens (including phenoxy) is 4. The molecule has 0 radical (unpaired) electrons. The molecule has 0 atom stereocenters. The minimum atomic E-state index is -0.373. The number of halogens is 1. The topological polar surface area (TPSA) is 78.4 Å². The van der Waals surface area contributed by atoms with Gasteiger partial charge in [-0.25, -0.2) is 5.43 Å². The fraction of sp³-hybridized carbons (Fsp3) is 0.238. The Morgan fingerprint density at radius 3 is 2.55 bits per heavy atom. The van der Waals surface area contributed by atoms with Crippen LogP contribution in [0.4, 0.5) is 0 Å². The van der Waals surface area contributed by atoms with Crippen LogP contribution in [0.15, 0.2) is 48.1 Å². The second-order valence-corrected chi connectivity index (χ2v) is 6.79. The maximum atomic E-state index is 12.4. The van der Waals surface area contributed by atoms with Gasteiger partial charge >= 0.3 is 0 Å². The maximum absolute atomic E-state index is 12.4. The first-order chi connectivity index (χ1) is 14.0. The number of methoxy groups -OCH3 is 2. The summed E-state index contributed by atoms with van der Waals surface area (Å²) < 4.78 is 22.6. The quantitative estimate of drug-likeness (QED) is 0.226. The molecule has 0 heterocycles. The van der Waals surface area contributed by atoms with Crippen molar-refractivity contribution in [2.75, 3.05) is 27.4 Å². The molecule has 7 nitrogen and oxygen atoms in total. The molecule has 0 saturated heterocycles. The SMILES string of the molecule is C=CCOc1ccc(C(=O)N/N=C/c2cc(I)c(OCC)c(OC)c2)cc1OC. The van der Waals surface area contributed by atoms with Crippen LogP contribution in [0.25, 0.3) is 0 Å². The van der Waals surface area contributed by atoms with Crippen LogP contribution in [0.1, 0.15) is 22.8 Å². The molecule has 2 aromatic carbocycles. The highest BCUT2D eigenvalue weighted by molar-refractivity contribution is 14.1. The second-order valence-electron chi connectivity index (χ2n) is 5.63. The molecule has 0 aliphatic heterocycles. The molecule has 0 aliphatic carbocycles. The van der Waals surface area contributed by atoms with Gasteiger partial charge < -0.3 is 18.9 Å². The van der Waals surface area contributed by atoms with Gasteiger partial charge in [-0.05, 0) is 65.4 Å². The van der Waals surface area contributed by atoms with Gasteiger partial charge in [0.25, 0.3) is 5.91 Å². The largest absolute Gasteiger partial charge is 0.493 e. The fourth-order valence-electron chi connectivity index (χ4n) is 2.41. The van der Waals surface area contributed by atoms with E-state index in [4.69, 9.17) is 18.9 Å². The van der Waals surface area contributed by atoms with Gasteiger partial charge in [-0.2, -0.15) is 5.10 Å². The van der Waals surface area contributed by atoms with Crippen LogP contribution in [-0.2, 0) is 0 Å². The molecular formula is C21H23IN2O5. The van der Waals surface area contributed by atoms with E-state index in [0.29, 0.717) is 41.8 Å². The van der Waals surface area contributed by atoms with E-state index in [1.807, 2.05) is 13.0 Å². The molecule has 0 unspecified atom stereocenters. The normalized spacial score (nSPS) is 10.5. The third-order valence-corrected chi connectivity index (χ3v) is 4.50. The number of nitrogens with one attached hydrogen (secondary N) is 1. The number of benzene rings is 2. The average Bonchev–Trinajstić information content (AvgIpc) is 2.73. The number of amides is 1. The summed E-state index contributed by atoms with van der Waals surface area (Å²) in [6.45, 7) is 6.40. The standard InChI is InChI=1S/C21H23IN2O5/c1-5-9-29-17-8-7-15(12-18(17)26-3)21(25)24-23-13-14-10-16(22)20(28-6-2)19(11-14)27-4/h5,7-8,10-13H,1,6,9H2,2-4H3,(H,24,25)/b23-13+. The van der Waals surface area contributed by atoms with Gasteiger partial charge in [0, 0.05) is 5.56 Å². The van der Waals surface area contributed by atoms with E-state index in [0.717, 1.165) is 9.13 Å². The first kappa shape index (κ1) is 22.5. The van der Waals surface area contributed by atoms with E-state index in [1.165, 1.54) is 13.3 Å². The Morgan fingerprint density at radius 2 is 1.90 bits per heavy atom. The van der Waals surface area contributed by atoms with E-state index < -0.39 is 0 Å². The summed E-state index contributed by atoms with van der Waals surface area (Å²) in [4.78, 5) is 12.4. The molecule has 1 N–H and O–H groups in total. The minimum Gasteiger partial charge on any atom is -0.493 e. The second kappa shape index (κ2) is 11.3. The lowest BCUT2D eigenvalue weighted by Crippen LogP contribution is -2.17. The molecule has 0 spiro atoms. The summed E-state index contributed by atoms with van der Waals surface area (Å²) in [7, 11) is 3.09. The predicted molar refractivity (Wildman–Crippen MR) is 121 cm³/mol. The first-order valence-corrected chi connectivity index (χ1v) is 9.87. The van der Waals surface area contributed by atoms with Crippen molar-refractivity contribution in [3.05, 3.63) is 57.7 Å². The average molecular weight is 510 g/mol. The summed E-state index contributed by atoms with van der Waals surface area (Å²) in [6, 6.07) is 8.57. The number of carbonyl (C=O) groups is 1. The molecule has 0 aliphatic rings. The van der Waals surface area contributed by atoms with Crippen LogP contribution in [0, 0.1) is 3.57 Å². The van der Waals surface area contributed by atoms with Crippen LogP contribution in [0.5, 0.6) is 23.0 Å². The molecular weight excluding hydrogens is 487 g/mol. The third kappa shape index (κ3) is 6.11. The molecule has 0 bridgehead atoms. The van der Waals surface area contributed by atoms with Crippen LogP contribution in [-0.4, -0.2) is 39.6 Å². The molecule has 8 heteroatoms. The smallest absolute Gasteiger partial charge is 0.271 e. The van der Waals surface area contributed by atoms with Crippen molar-refractivity contribution in [2.24, 2.45) is 5.10 Å². The number of carbonyl (C=O) groups excluding carboxylic acids is 1. The van der Waals surface area contributed by atoms with Gasteiger partial charge in [-0.15, -0.1) is 0 Å². The minimum absolute atomic E-state index is 0.344. The lowest BCUT2D eigenvalue weighted by molar-refractivity contribution is 0.0954. The van der Waals surface area contributed by atoms with Crippen molar-refractivity contribution in [1.82, 2.24) is 5.43 Å². The summed E-state index contributed by atoms with van der Waals surface area (Å²) >= 11 is 2.17. The van der Waals surface area contributed by atoms with Crippen molar-refractivity contribution in [3.8, 4) is 23.0 Å².